The average Bonchev–Trinajstić information content (AvgIpc) is 3.12. The van der Waals surface area contributed by atoms with Crippen molar-refractivity contribution in [2.45, 2.75) is 31.2 Å². The van der Waals surface area contributed by atoms with Gasteiger partial charge < -0.3 is 9.47 Å². The third-order valence-corrected chi connectivity index (χ3v) is 6.26. The van der Waals surface area contributed by atoms with Crippen LogP contribution in [0.3, 0.4) is 0 Å². The topological polar surface area (TPSA) is 38.1 Å². The van der Waals surface area contributed by atoms with Gasteiger partial charge in [0.1, 0.15) is 0 Å². The maximum atomic E-state index is 13.0. The van der Waals surface area contributed by atoms with Crippen LogP contribution in [0.1, 0.15) is 30.1 Å². The van der Waals surface area contributed by atoms with Gasteiger partial charge in [-0.15, -0.1) is 11.8 Å². The smallest absolute Gasteiger partial charge is 0.254 e. The number of para-hydroxylation sites is 2. The summed E-state index contributed by atoms with van der Waals surface area (Å²) in [5.74, 6) is 1.75. The van der Waals surface area contributed by atoms with Gasteiger partial charge in [0.25, 0.3) is 5.91 Å². The number of hydrogen-bond acceptors (Lipinski definition) is 3. The summed E-state index contributed by atoms with van der Waals surface area (Å²) < 4.78 is 2.25. The van der Waals surface area contributed by atoms with Gasteiger partial charge >= 0.3 is 0 Å². The predicted molar refractivity (Wildman–Crippen MR) is 111 cm³/mol. The fourth-order valence-electron chi connectivity index (χ4n) is 3.85. The van der Waals surface area contributed by atoms with E-state index in [1.54, 1.807) is 11.8 Å². The highest BCUT2D eigenvalue weighted by molar-refractivity contribution is 7.99. The molecule has 0 radical (unpaired) electrons. The zero-order valence-electron chi connectivity index (χ0n) is 15.7. The van der Waals surface area contributed by atoms with Crippen LogP contribution >= 0.6 is 11.8 Å². The van der Waals surface area contributed by atoms with Crippen LogP contribution in [0, 0.1) is 5.92 Å². The number of imidazole rings is 1. The number of likely N-dealkylation sites (tertiary alicyclic amines) is 1. The molecule has 1 fully saturated rings. The Balaban J connectivity index is 1.40. The van der Waals surface area contributed by atoms with Gasteiger partial charge in [0, 0.05) is 24.5 Å². The molecular formula is C22H25N3OS. The maximum absolute atomic E-state index is 13.0. The monoisotopic (exact) mass is 379 g/mol. The first kappa shape index (κ1) is 18.1. The number of piperidine rings is 1. The minimum atomic E-state index is 0.179. The van der Waals surface area contributed by atoms with E-state index in [0.29, 0.717) is 5.92 Å². The summed E-state index contributed by atoms with van der Waals surface area (Å²) in [6.07, 6.45) is 4.03. The molecule has 1 aliphatic rings. The molecule has 140 valence electrons. The van der Waals surface area contributed by atoms with E-state index in [1.807, 2.05) is 35.5 Å². The number of benzene rings is 2. The molecule has 0 bridgehead atoms. The Morgan fingerprint density at radius 2 is 1.85 bits per heavy atom. The van der Waals surface area contributed by atoms with Crippen LogP contribution in [-0.4, -0.2) is 39.2 Å². The van der Waals surface area contributed by atoms with Crippen molar-refractivity contribution in [3.63, 3.8) is 0 Å². The lowest BCUT2D eigenvalue weighted by Gasteiger charge is -2.32. The molecule has 0 saturated carbocycles. The minimum absolute atomic E-state index is 0.179. The zero-order chi connectivity index (χ0) is 18.6. The summed E-state index contributed by atoms with van der Waals surface area (Å²) in [5, 5.41) is 0. The summed E-state index contributed by atoms with van der Waals surface area (Å²) in [6, 6.07) is 16.3. The van der Waals surface area contributed by atoms with E-state index in [1.165, 1.54) is 5.52 Å². The average molecular weight is 380 g/mol. The SMILES string of the molecule is CCSc1ccccc1C(=O)N1CCC(Cn2cnc3ccccc32)CC1. The van der Waals surface area contributed by atoms with E-state index in [0.717, 1.165) is 54.2 Å². The second-order valence-corrected chi connectivity index (χ2v) is 8.36. The van der Waals surface area contributed by atoms with Crippen LogP contribution < -0.4 is 0 Å². The Morgan fingerprint density at radius 3 is 2.67 bits per heavy atom. The molecule has 0 spiro atoms. The van der Waals surface area contributed by atoms with Crippen molar-refractivity contribution in [3.05, 3.63) is 60.4 Å². The van der Waals surface area contributed by atoms with E-state index in [-0.39, 0.29) is 5.91 Å². The minimum Gasteiger partial charge on any atom is -0.339 e. The largest absolute Gasteiger partial charge is 0.339 e. The van der Waals surface area contributed by atoms with Crippen LogP contribution in [0.15, 0.2) is 59.8 Å². The molecule has 5 heteroatoms. The number of thioether (sulfide) groups is 1. The van der Waals surface area contributed by atoms with Gasteiger partial charge in [-0.05, 0) is 48.8 Å². The number of rotatable bonds is 5. The maximum Gasteiger partial charge on any atom is 0.254 e. The fraction of sp³-hybridized carbons (Fsp3) is 0.364. The van der Waals surface area contributed by atoms with Gasteiger partial charge in [-0.3, -0.25) is 4.79 Å². The van der Waals surface area contributed by atoms with Gasteiger partial charge in [-0.2, -0.15) is 0 Å². The molecule has 2 heterocycles. The molecule has 2 aromatic carbocycles. The van der Waals surface area contributed by atoms with E-state index in [4.69, 9.17) is 0 Å². The van der Waals surface area contributed by atoms with Gasteiger partial charge in [-0.1, -0.05) is 31.2 Å². The highest BCUT2D eigenvalue weighted by Crippen LogP contribution is 2.27. The molecule has 0 N–H and O–H groups in total. The summed E-state index contributed by atoms with van der Waals surface area (Å²) in [6.45, 7) is 4.77. The standard InChI is InChI=1S/C22H25N3OS/c1-2-27-21-10-6-3-7-18(21)22(26)24-13-11-17(12-14-24)15-25-16-23-19-8-4-5-9-20(19)25/h3-10,16-17H,2,11-15H2,1H3. The summed E-state index contributed by atoms with van der Waals surface area (Å²) >= 11 is 1.74. The molecule has 1 saturated heterocycles. The fourth-order valence-corrected chi connectivity index (χ4v) is 4.64. The number of amides is 1. The first-order valence-corrected chi connectivity index (χ1v) is 10.7. The van der Waals surface area contributed by atoms with E-state index in [9.17, 15) is 4.79 Å². The highest BCUT2D eigenvalue weighted by atomic mass is 32.2. The Kier molecular flexibility index (Phi) is 5.48. The molecule has 4 rings (SSSR count). The van der Waals surface area contributed by atoms with Crippen LogP contribution in [0.2, 0.25) is 0 Å². The Labute approximate surface area is 164 Å². The molecule has 27 heavy (non-hydrogen) atoms. The number of fused-ring (bicyclic) bond motifs is 1. The predicted octanol–water partition coefficient (Wildman–Crippen LogP) is 4.70. The van der Waals surface area contributed by atoms with Gasteiger partial charge in [0.2, 0.25) is 0 Å². The zero-order valence-corrected chi connectivity index (χ0v) is 16.5. The molecule has 0 unspecified atom stereocenters. The van der Waals surface area contributed by atoms with Gasteiger partial charge in [0.15, 0.2) is 0 Å². The van der Waals surface area contributed by atoms with Gasteiger partial charge in [-0.25, -0.2) is 4.98 Å². The quantitative estimate of drug-likeness (QED) is 0.603. The van der Waals surface area contributed by atoms with Crippen LogP contribution in [0.5, 0.6) is 0 Å². The highest BCUT2D eigenvalue weighted by Gasteiger charge is 2.25. The molecule has 4 nitrogen and oxygen atoms in total. The molecule has 1 aliphatic heterocycles. The van der Waals surface area contributed by atoms with Crippen molar-refractivity contribution >= 4 is 28.7 Å². The van der Waals surface area contributed by atoms with Crippen LogP contribution in [-0.2, 0) is 6.54 Å². The lowest BCUT2D eigenvalue weighted by Crippen LogP contribution is -2.39. The Morgan fingerprint density at radius 1 is 1.11 bits per heavy atom. The van der Waals surface area contributed by atoms with Crippen molar-refractivity contribution in [1.29, 1.82) is 0 Å². The van der Waals surface area contributed by atoms with Crippen LogP contribution in [0.4, 0.5) is 0 Å². The summed E-state index contributed by atoms with van der Waals surface area (Å²) in [5.41, 5.74) is 3.10. The second kappa shape index (κ2) is 8.17. The van der Waals surface area contributed by atoms with Crippen LogP contribution in [0.25, 0.3) is 11.0 Å². The molecule has 0 atom stereocenters. The molecule has 3 aromatic rings. The first-order chi connectivity index (χ1) is 13.3. The number of aromatic nitrogens is 2. The normalized spacial score (nSPS) is 15.4. The van der Waals surface area contributed by atoms with Crippen molar-refractivity contribution in [2.75, 3.05) is 18.8 Å². The Bertz CT molecular complexity index is 928. The lowest BCUT2D eigenvalue weighted by molar-refractivity contribution is 0.0680. The molecular weight excluding hydrogens is 354 g/mol. The number of hydrogen-bond donors (Lipinski definition) is 0. The summed E-state index contributed by atoms with van der Waals surface area (Å²) in [4.78, 5) is 20.6. The number of carbonyl (C=O) groups is 1. The summed E-state index contributed by atoms with van der Waals surface area (Å²) in [7, 11) is 0. The van der Waals surface area contributed by atoms with Gasteiger partial charge in [0.05, 0.1) is 22.9 Å². The Hall–Kier alpha value is -2.27. The van der Waals surface area contributed by atoms with E-state index >= 15 is 0 Å². The number of carbonyl (C=O) groups excluding carboxylic acids is 1. The first-order valence-electron chi connectivity index (χ1n) is 9.67. The van der Waals surface area contributed by atoms with E-state index in [2.05, 4.69) is 40.7 Å². The molecule has 1 amide bonds. The number of nitrogens with zero attached hydrogens (tertiary/aromatic N) is 3. The third kappa shape index (κ3) is 3.88. The van der Waals surface area contributed by atoms with E-state index < -0.39 is 0 Å². The second-order valence-electron chi connectivity index (χ2n) is 7.05. The molecule has 0 aliphatic carbocycles. The lowest BCUT2D eigenvalue weighted by atomic mass is 9.96. The molecule has 1 aromatic heterocycles. The van der Waals surface area contributed by atoms with Crippen molar-refractivity contribution in [2.24, 2.45) is 5.92 Å². The van der Waals surface area contributed by atoms with Crippen molar-refractivity contribution in [1.82, 2.24) is 14.5 Å². The van der Waals surface area contributed by atoms with Crippen molar-refractivity contribution in [3.8, 4) is 0 Å². The van der Waals surface area contributed by atoms with Crippen molar-refractivity contribution < 1.29 is 4.79 Å². The third-order valence-electron chi connectivity index (χ3n) is 5.30.